The summed E-state index contributed by atoms with van der Waals surface area (Å²) < 4.78 is 11.9. The Morgan fingerprint density at radius 1 is 1.12 bits per heavy atom. The predicted octanol–water partition coefficient (Wildman–Crippen LogP) is 4.11. The van der Waals surface area contributed by atoms with Crippen molar-refractivity contribution in [1.29, 1.82) is 0 Å². The first-order chi connectivity index (χ1) is 11.8. The highest BCUT2D eigenvalue weighted by molar-refractivity contribution is 6.14. The van der Waals surface area contributed by atoms with E-state index in [-0.39, 0.29) is 0 Å². The summed E-state index contributed by atoms with van der Waals surface area (Å²) in [5, 5.41) is 0. The van der Waals surface area contributed by atoms with Crippen LogP contribution < -0.4 is 4.74 Å². The number of benzene rings is 1. The molecule has 4 nitrogen and oxygen atoms in total. The van der Waals surface area contributed by atoms with Crippen LogP contribution in [0.1, 0.15) is 43.2 Å². The number of nitrogens with zero attached hydrogens (tertiary/aromatic N) is 2. The van der Waals surface area contributed by atoms with Gasteiger partial charge in [-0.3, -0.25) is 9.98 Å². The van der Waals surface area contributed by atoms with E-state index in [1.807, 2.05) is 31.3 Å². The number of hydrogen-bond donors (Lipinski definition) is 0. The lowest BCUT2D eigenvalue weighted by molar-refractivity contribution is -0.0388. The molecule has 1 atom stereocenters. The minimum absolute atomic E-state index is 0.455. The van der Waals surface area contributed by atoms with Gasteiger partial charge >= 0.3 is 0 Å². The van der Waals surface area contributed by atoms with Crippen LogP contribution in [0.2, 0.25) is 0 Å². The molecule has 2 heterocycles. The predicted molar refractivity (Wildman–Crippen MR) is 101 cm³/mol. The summed E-state index contributed by atoms with van der Waals surface area (Å²) in [5.41, 5.74) is 4.04. The van der Waals surface area contributed by atoms with Crippen molar-refractivity contribution in [2.24, 2.45) is 4.99 Å². The largest absolute Gasteiger partial charge is 0.482 e. The van der Waals surface area contributed by atoms with E-state index in [9.17, 15) is 0 Å². The molecule has 1 aliphatic heterocycles. The zero-order valence-corrected chi connectivity index (χ0v) is 15.9. The van der Waals surface area contributed by atoms with Crippen molar-refractivity contribution in [3.63, 3.8) is 0 Å². The number of aliphatic imine (C=N–C) groups is 1. The monoisotopic (exact) mass is 338 g/mol. The standard InChI is InChI=1S/C21H26N2O2/c1-14-11-16(12-22-15(14)2)19-17-9-7-8-10-18(17)25-21(5,13-24-6)20(3,4)23-19/h7-12H,13H2,1-6H3. The fraction of sp³-hybridized carbons (Fsp3) is 0.429. The first-order valence-electron chi connectivity index (χ1n) is 8.58. The van der Waals surface area contributed by atoms with Crippen LogP contribution in [-0.4, -0.2) is 35.6 Å². The highest BCUT2D eigenvalue weighted by Crippen LogP contribution is 2.38. The van der Waals surface area contributed by atoms with Crippen LogP contribution in [0, 0.1) is 13.8 Å². The number of pyridine rings is 1. The third kappa shape index (κ3) is 3.07. The molecule has 0 saturated carbocycles. The summed E-state index contributed by atoms with van der Waals surface area (Å²) in [6, 6.07) is 10.2. The topological polar surface area (TPSA) is 43.7 Å². The minimum Gasteiger partial charge on any atom is -0.482 e. The fourth-order valence-electron chi connectivity index (χ4n) is 3.05. The summed E-state index contributed by atoms with van der Waals surface area (Å²) in [7, 11) is 1.69. The van der Waals surface area contributed by atoms with Crippen molar-refractivity contribution in [1.82, 2.24) is 4.98 Å². The minimum atomic E-state index is -0.577. The molecule has 0 aliphatic carbocycles. The van der Waals surface area contributed by atoms with Crippen LogP contribution in [0.3, 0.4) is 0 Å². The van der Waals surface area contributed by atoms with Crippen LogP contribution in [-0.2, 0) is 4.74 Å². The number of rotatable bonds is 3. The molecule has 3 rings (SSSR count). The molecule has 0 amide bonds. The number of fused-ring (bicyclic) bond motifs is 1. The normalized spacial score (nSPS) is 21.8. The van der Waals surface area contributed by atoms with Crippen LogP contribution in [0.4, 0.5) is 0 Å². The van der Waals surface area contributed by atoms with Gasteiger partial charge in [-0.15, -0.1) is 0 Å². The Morgan fingerprint density at radius 3 is 2.52 bits per heavy atom. The van der Waals surface area contributed by atoms with Gasteiger partial charge in [-0.1, -0.05) is 12.1 Å². The first-order valence-corrected chi connectivity index (χ1v) is 8.58. The summed E-state index contributed by atoms with van der Waals surface area (Å²) in [6.45, 7) is 10.8. The fourth-order valence-corrected chi connectivity index (χ4v) is 3.05. The van der Waals surface area contributed by atoms with E-state index >= 15 is 0 Å². The van der Waals surface area contributed by atoms with E-state index in [1.54, 1.807) is 7.11 Å². The summed E-state index contributed by atoms with van der Waals surface area (Å²) in [4.78, 5) is 9.67. The van der Waals surface area contributed by atoms with Crippen molar-refractivity contribution in [3.05, 3.63) is 58.9 Å². The molecule has 25 heavy (non-hydrogen) atoms. The highest BCUT2D eigenvalue weighted by Gasteiger charge is 2.46. The Bertz CT molecular complexity index is 826. The van der Waals surface area contributed by atoms with Crippen molar-refractivity contribution in [2.45, 2.75) is 45.8 Å². The number of aryl methyl sites for hydroxylation is 2. The number of para-hydroxylation sites is 1. The second kappa shape index (κ2) is 6.26. The molecule has 0 saturated heterocycles. The SMILES string of the molecule is COCC1(C)Oc2ccccc2C(c2cnc(C)c(C)c2)=NC1(C)C. The van der Waals surface area contributed by atoms with Crippen molar-refractivity contribution in [3.8, 4) is 5.75 Å². The van der Waals surface area contributed by atoms with E-state index in [0.717, 1.165) is 33.8 Å². The van der Waals surface area contributed by atoms with Crippen molar-refractivity contribution >= 4 is 5.71 Å². The lowest BCUT2D eigenvalue weighted by atomic mass is 9.85. The Kier molecular flexibility index (Phi) is 4.41. The molecule has 1 unspecified atom stereocenters. The van der Waals surface area contributed by atoms with Crippen LogP contribution in [0.5, 0.6) is 5.75 Å². The molecule has 2 aromatic rings. The molecule has 1 aromatic carbocycles. The lowest BCUT2D eigenvalue weighted by Crippen LogP contribution is -2.54. The van der Waals surface area contributed by atoms with Gasteiger partial charge in [0.1, 0.15) is 5.75 Å². The maximum atomic E-state index is 6.45. The van der Waals surface area contributed by atoms with Crippen molar-refractivity contribution in [2.75, 3.05) is 13.7 Å². The van der Waals surface area contributed by atoms with Gasteiger partial charge in [0.05, 0.1) is 17.9 Å². The number of aromatic nitrogens is 1. The molecule has 1 aliphatic rings. The van der Waals surface area contributed by atoms with E-state index < -0.39 is 11.1 Å². The maximum absolute atomic E-state index is 6.45. The molecule has 132 valence electrons. The van der Waals surface area contributed by atoms with Gasteiger partial charge in [0.15, 0.2) is 5.60 Å². The third-order valence-corrected chi connectivity index (χ3v) is 5.20. The average molecular weight is 338 g/mol. The van der Waals surface area contributed by atoms with Crippen LogP contribution >= 0.6 is 0 Å². The maximum Gasteiger partial charge on any atom is 0.154 e. The quantitative estimate of drug-likeness (QED) is 0.846. The summed E-state index contributed by atoms with van der Waals surface area (Å²) >= 11 is 0. The van der Waals surface area contributed by atoms with Gasteiger partial charge < -0.3 is 9.47 Å². The van der Waals surface area contributed by atoms with E-state index in [4.69, 9.17) is 14.5 Å². The average Bonchev–Trinajstić information content (AvgIpc) is 2.64. The molecule has 0 spiro atoms. The zero-order chi connectivity index (χ0) is 18.2. The molecule has 0 bridgehead atoms. The molecule has 0 fully saturated rings. The third-order valence-electron chi connectivity index (χ3n) is 5.20. The Hall–Kier alpha value is -2.20. The van der Waals surface area contributed by atoms with E-state index in [2.05, 4.69) is 44.8 Å². The first kappa shape index (κ1) is 17.6. The molecular formula is C21H26N2O2. The van der Waals surface area contributed by atoms with E-state index in [1.165, 1.54) is 0 Å². The Balaban J connectivity index is 2.24. The Morgan fingerprint density at radius 2 is 1.84 bits per heavy atom. The van der Waals surface area contributed by atoms with Crippen molar-refractivity contribution < 1.29 is 9.47 Å². The zero-order valence-electron chi connectivity index (χ0n) is 15.9. The second-order valence-electron chi connectivity index (χ2n) is 7.41. The van der Waals surface area contributed by atoms with Gasteiger partial charge in [-0.25, -0.2) is 0 Å². The van der Waals surface area contributed by atoms with Gasteiger partial charge in [-0.2, -0.15) is 0 Å². The number of methoxy groups -OCH3 is 1. The second-order valence-corrected chi connectivity index (χ2v) is 7.41. The molecular weight excluding hydrogens is 312 g/mol. The molecule has 0 N–H and O–H groups in total. The van der Waals surface area contributed by atoms with E-state index in [0.29, 0.717) is 6.61 Å². The van der Waals surface area contributed by atoms with Gasteiger partial charge in [-0.05, 0) is 58.4 Å². The number of hydrogen-bond acceptors (Lipinski definition) is 4. The van der Waals surface area contributed by atoms with Gasteiger partial charge in [0, 0.05) is 30.1 Å². The smallest absolute Gasteiger partial charge is 0.154 e. The van der Waals surface area contributed by atoms with Crippen LogP contribution in [0.15, 0.2) is 41.5 Å². The van der Waals surface area contributed by atoms with Gasteiger partial charge in [0.2, 0.25) is 0 Å². The molecule has 1 aromatic heterocycles. The van der Waals surface area contributed by atoms with Crippen LogP contribution in [0.25, 0.3) is 0 Å². The summed E-state index contributed by atoms with van der Waals surface area (Å²) in [6.07, 6.45) is 1.90. The lowest BCUT2D eigenvalue weighted by Gasteiger charge is -2.40. The summed E-state index contributed by atoms with van der Waals surface area (Å²) in [5.74, 6) is 0.824. The highest BCUT2D eigenvalue weighted by atomic mass is 16.5. The number of ether oxygens (including phenoxy) is 2. The molecule has 4 heteroatoms. The van der Waals surface area contributed by atoms with Gasteiger partial charge in [0.25, 0.3) is 0 Å². The Labute approximate surface area is 149 Å². The molecule has 0 radical (unpaired) electrons.